The topological polar surface area (TPSA) is 141 Å². The summed E-state index contributed by atoms with van der Waals surface area (Å²) in [7, 11) is -3.57. The zero-order chi connectivity index (χ0) is 33.3. The molecule has 0 radical (unpaired) electrons. The molecule has 3 saturated heterocycles. The summed E-state index contributed by atoms with van der Waals surface area (Å²) in [4.78, 5) is 34.4. The first kappa shape index (κ1) is 33.6. The maximum atomic E-state index is 14.1. The van der Waals surface area contributed by atoms with Crippen molar-refractivity contribution in [1.29, 1.82) is 0 Å². The Balaban J connectivity index is 1.35. The maximum Gasteiger partial charge on any atom is 0.254 e. The van der Waals surface area contributed by atoms with E-state index in [1.807, 2.05) is 12.3 Å². The molecule has 0 aliphatic carbocycles. The summed E-state index contributed by atoms with van der Waals surface area (Å²) in [5.74, 6) is -2.61. The van der Waals surface area contributed by atoms with E-state index in [1.165, 1.54) is 23.5 Å². The number of likely N-dealkylation sites (tertiary alicyclic amines) is 1. The molecule has 3 aromatic rings. The highest BCUT2D eigenvalue weighted by molar-refractivity contribution is 7.91. The molecular weight excluding hydrogens is 649 g/mol. The molecule has 2 amide bonds. The minimum atomic E-state index is -3.57. The number of carbonyl (C=O) groups excluding carboxylic acids is 2. The van der Waals surface area contributed by atoms with Gasteiger partial charge in [-0.25, -0.2) is 22.2 Å². The molecule has 2 aromatic carbocycles. The second-order valence-electron chi connectivity index (χ2n) is 12.6. The van der Waals surface area contributed by atoms with E-state index in [4.69, 9.17) is 0 Å². The van der Waals surface area contributed by atoms with Gasteiger partial charge in [0.25, 0.3) is 11.8 Å². The van der Waals surface area contributed by atoms with Gasteiger partial charge in [-0.1, -0.05) is 0 Å². The van der Waals surface area contributed by atoms with Gasteiger partial charge in [0.05, 0.1) is 29.2 Å². The molecule has 0 saturated carbocycles. The van der Waals surface area contributed by atoms with E-state index in [2.05, 4.69) is 20.9 Å². The Hall–Kier alpha value is -3.30. The van der Waals surface area contributed by atoms with Crippen molar-refractivity contribution in [1.82, 2.24) is 25.8 Å². The number of aliphatic hydroxyl groups is 1. The van der Waals surface area contributed by atoms with Crippen LogP contribution >= 0.6 is 11.3 Å². The molecule has 4 heterocycles. The van der Waals surface area contributed by atoms with Crippen molar-refractivity contribution in [2.45, 2.75) is 68.5 Å². The van der Waals surface area contributed by atoms with Crippen molar-refractivity contribution >= 4 is 33.0 Å². The predicted molar refractivity (Wildman–Crippen MR) is 174 cm³/mol. The number of aromatic nitrogens is 1. The summed E-state index contributed by atoms with van der Waals surface area (Å²) < 4.78 is 54.5. The van der Waals surface area contributed by atoms with Gasteiger partial charge in [-0.15, -0.1) is 11.3 Å². The normalized spacial score (nSPS) is 23.8. The molecule has 10 nitrogen and oxygen atoms in total. The van der Waals surface area contributed by atoms with Crippen molar-refractivity contribution in [2.75, 3.05) is 31.9 Å². The molecular formula is C33H39F2N5O5S2. The maximum absolute atomic E-state index is 14.1. The molecule has 252 valence electrons. The zero-order valence-corrected chi connectivity index (χ0v) is 27.7. The highest BCUT2D eigenvalue weighted by atomic mass is 32.2. The molecule has 47 heavy (non-hydrogen) atoms. The average molecular weight is 688 g/mol. The van der Waals surface area contributed by atoms with Crippen LogP contribution in [0.1, 0.15) is 79.5 Å². The van der Waals surface area contributed by atoms with Crippen molar-refractivity contribution < 1.29 is 31.9 Å². The van der Waals surface area contributed by atoms with E-state index in [9.17, 15) is 31.9 Å². The second-order valence-corrected chi connectivity index (χ2v) is 15.8. The predicted octanol–water partition coefficient (Wildman–Crippen LogP) is 3.22. The SMILES string of the molecule is Cc1csc(C2CCCN2C(=O)c2cc(C(=O)NC(Cc3cc(F)cc(F)c3)C(O)C3CCCN3)cc(C3CNCCS3(=O)=O)c2)n1. The Labute approximate surface area is 276 Å². The third-order valence-electron chi connectivity index (χ3n) is 9.22. The van der Waals surface area contributed by atoms with Crippen LogP contribution in [-0.2, 0) is 16.3 Å². The Kier molecular flexibility index (Phi) is 10.0. The van der Waals surface area contributed by atoms with Crippen LogP contribution in [0.25, 0.3) is 0 Å². The van der Waals surface area contributed by atoms with Gasteiger partial charge in [-0.2, -0.15) is 0 Å². The molecule has 4 N–H and O–H groups in total. The van der Waals surface area contributed by atoms with Crippen LogP contribution < -0.4 is 16.0 Å². The lowest BCUT2D eigenvalue weighted by Gasteiger charge is -2.29. The number of amides is 2. The van der Waals surface area contributed by atoms with Crippen molar-refractivity contribution in [3.05, 3.63) is 86.4 Å². The lowest BCUT2D eigenvalue weighted by Crippen LogP contribution is -2.52. The van der Waals surface area contributed by atoms with Gasteiger partial charge in [0.15, 0.2) is 9.84 Å². The van der Waals surface area contributed by atoms with Crippen LogP contribution in [0.2, 0.25) is 0 Å². The number of aryl methyl sites for hydroxylation is 1. The van der Waals surface area contributed by atoms with Gasteiger partial charge in [-0.05, 0) is 87.0 Å². The standard InChI is InChI=1S/C33H39F2N5O5S2/c1-19-18-46-32(38-19)28-5-3-8-40(28)33(43)23-14-21(29-17-36-7-9-47(29,44)45)13-22(15-23)31(42)39-27(30(41)26-4-2-6-37-26)12-20-10-24(34)16-25(35)11-20/h10-11,13-16,18,26-30,36-37,41H,2-9,12,17H2,1H3,(H,39,42). The summed E-state index contributed by atoms with van der Waals surface area (Å²) in [6, 6.07) is 6.04. The van der Waals surface area contributed by atoms with Crippen molar-refractivity contribution in [3.8, 4) is 0 Å². The summed E-state index contributed by atoms with van der Waals surface area (Å²) in [6.45, 7) is 3.51. The fourth-order valence-electron chi connectivity index (χ4n) is 6.87. The first-order valence-electron chi connectivity index (χ1n) is 16.0. The Morgan fingerprint density at radius 2 is 1.85 bits per heavy atom. The van der Waals surface area contributed by atoms with Crippen LogP contribution in [0.5, 0.6) is 0 Å². The highest BCUT2D eigenvalue weighted by Crippen LogP contribution is 2.36. The molecule has 6 rings (SSSR count). The van der Waals surface area contributed by atoms with Crippen LogP contribution in [-0.4, -0.2) is 85.3 Å². The Morgan fingerprint density at radius 3 is 2.53 bits per heavy atom. The molecule has 3 aliphatic rings. The molecule has 3 fully saturated rings. The third-order valence-corrected chi connectivity index (χ3v) is 12.4. The van der Waals surface area contributed by atoms with Gasteiger partial charge in [0.1, 0.15) is 16.6 Å². The van der Waals surface area contributed by atoms with Crippen LogP contribution in [0.4, 0.5) is 8.78 Å². The van der Waals surface area contributed by atoms with Crippen molar-refractivity contribution in [3.63, 3.8) is 0 Å². The molecule has 5 atom stereocenters. The first-order chi connectivity index (χ1) is 22.5. The minimum Gasteiger partial charge on any atom is -0.389 e. The Morgan fingerprint density at radius 1 is 1.09 bits per heavy atom. The molecule has 3 aliphatic heterocycles. The van der Waals surface area contributed by atoms with E-state index >= 15 is 0 Å². The number of thiazole rings is 1. The molecule has 14 heteroatoms. The minimum absolute atomic E-state index is 0.0504. The monoisotopic (exact) mass is 687 g/mol. The van der Waals surface area contributed by atoms with E-state index in [0.29, 0.717) is 31.6 Å². The number of hydrogen-bond donors (Lipinski definition) is 4. The molecule has 0 spiro atoms. The molecule has 5 unspecified atom stereocenters. The number of sulfone groups is 1. The lowest BCUT2D eigenvalue weighted by atomic mass is 9.94. The molecule has 0 bridgehead atoms. The average Bonchev–Trinajstić information content (AvgIpc) is 3.81. The number of hydrogen-bond acceptors (Lipinski definition) is 9. The van der Waals surface area contributed by atoms with Gasteiger partial charge < -0.3 is 26.0 Å². The second kappa shape index (κ2) is 14.0. The van der Waals surface area contributed by atoms with Gasteiger partial charge in [0, 0.05) is 53.9 Å². The fraction of sp³-hybridized carbons (Fsp3) is 0.485. The summed E-state index contributed by atoms with van der Waals surface area (Å²) >= 11 is 1.49. The van der Waals surface area contributed by atoms with Crippen LogP contribution in [0, 0.1) is 18.6 Å². The number of carbonyl (C=O) groups is 2. The Bertz CT molecular complexity index is 1730. The van der Waals surface area contributed by atoms with Gasteiger partial charge >= 0.3 is 0 Å². The molecule has 1 aromatic heterocycles. The summed E-state index contributed by atoms with van der Waals surface area (Å²) in [5.41, 5.74) is 1.66. The van der Waals surface area contributed by atoms with Crippen LogP contribution in [0.3, 0.4) is 0 Å². The largest absolute Gasteiger partial charge is 0.389 e. The number of benzene rings is 2. The van der Waals surface area contributed by atoms with Gasteiger partial charge in [0.2, 0.25) is 0 Å². The lowest BCUT2D eigenvalue weighted by molar-refractivity contribution is 0.0733. The number of nitrogens with zero attached hydrogens (tertiary/aromatic N) is 2. The number of rotatable bonds is 9. The number of nitrogens with one attached hydrogen (secondary N) is 3. The van der Waals surface area contributed by atoms with E-state index < -0.39 is 44.8 Å². The van der Waals surface area contributed by atoms with Gasteiger partial charge in [-0.3, -0.25) is 9.59 Å². The summed E-state index contributed by atoms with van der Waals surface area (Å²) in [6.07, 6.45) is 1.84. The quantitative estimate of drug-likeness (QED) is 0.269. The van der Waals surface area contributed by atoms with Crippen molar-refractivity contribution in [2.24, 2.45) is 0 Å². The van der Waals surface area contributed by atoms with E-state index in [0.717, 1.165) is 48.2 Å². The van der Waals surface area contributed by atoms with E-state index in [-0.39, 0.29) is 53.4 Å². The van der Waals surface area contributed by atoms with E-state index in [1.54, 1.807) is 11.0 Å². The fourth-order valence-corrected chi connectivity index (χ4v) is 9.45. The number of halogens is 2. The summed E-state index contributed by atoms with van der Waals surface area (Å²) in [5, 5.41) is 22.3. The third kappa shape index (κ3) is 7.56. The smallest absolute Gasteiger partial charge is 0.254 e. The number of aliphatic hydroxyl groups excluding tert-OH is 1. The van der Waals surface area contributed by atoms with Crippen LogP contribution in [0.15, 0.2) is 41.8 Å². The highest BCUT2D eigenvalue weighted by Gasteiger charge is 2.36. The first-order valence-corrected chi connectivity index (χ1v) is 18.6. The zero-order valence-electron chi connectivity index (χ0n) is 26.0.